The predicted molar refractivity (Wildman–Crippen MR) is 77.7 cm³/mol. The minimum absolute atomic E-state index is 0.0540. The number of nitro groups is 1. The highest BCUT2D eigenvalue weighted by Crippen LogP contribution is 2.36. The van der Waals surface area contributed by atoms with Crippen molar-refractivity contribution in [1.82, 2.24) is 0 Å². The van der Waals surface area contributed by atoms with Crippen molar-refractivity contribution in [1.29, 1.82) is 0 Å². The highest BCUT2D eigenvalue weighted by atomic mass is 35.5. The molecule has 1 aliphatic rings. The van der Waals surface area contributed by atoms with Gasteiger partial charge in [0, 0.05) is 12.1 Å². The molecule has 0 saturated heterocycles. The van der Waals surface area contributed by atoms with Gasteiger partial charge in [0.25, 0.3) is 5.69 Å². The summed E-state index contributed by atoms with van der Waals surface area (Å²) in [6, 6.07) is 5.05. The van der Waals surface area contributed by atoms with Crippen LogP contribution in [0.3, 0.4) is 0 Å². The maximum absolute atomic E-state index is 11.1. The minimum atomic E-state index is -0.385. The van der Waals surface area contributed by atoms with Crippen LogP contribution in [0.2, 0.25) is 5.02 Å². The monoisotopic (exact) mass is 282 g/mol. The van der Waals surface area contributed by atoms with Crippen LogP contribution in [0.4, 0.5) is 11.4 Å². The fraction of sp³-hybridized carbons (Fsp3) is 0.571. The normalized spacial score (nSPS) is 27.0. The molecule has 2 rings (SSSR count). The highest BCUT2D eigenvalue weighted by Gasteiger charge is 2.28. The lowest BCUT2D eigenvalue weighted by atomic mass is 9.80. The summed E-state index contributed by atoms with van der Waals surface area (Å²) in [5.74, 6) is 1.23. The number of nitrogens with one attached hydrogen (secondary N) is 1. The number of rotatable bonds is 3. The van der Waals surface area contributed by atoms with Crippen molar-refractivity contribution >= 4 is 23.0 Å². The van der Waals surface area contributed by atoms with Gasteiger partial charge in [-0.1, -0.05) is 31.5 Å². The second kappa shape index (κ2) is 5.78. The molecule has 1 aliphatic carbocycles. The lowest BCUT2D eigenvalue weighted by molar-refractivity contribution is -0.384. The van der Waals surface area contributed by atoms with E-state index in [2.05, 4.69) is 19.2 Å². The van der Waals surface area contributed by atoms with E-state index in [9.17, 15) is 10.1 Å². The Kier molecular flexibility index (Phi) is 4.30. The van der Waals surface area contributed by atoms with E-state index >= 15 is 0 Å². The number of para-hydroxylation sites is 1. The SMILES string of the molecule is CC1CCC(Nc2c(Cl)cccc2[N+](=O)[O-])C(C)C1. The van der Waals surface area contributed by atoms with Crippen molar-refractivity contribution in [3.05, 3.63) is 33.3 Å². The molecule has 0 amide bonds. The van der Waals surface area contributed by atoms with Crippen LogP contribution in [0, 0.1) is 22.0 Å². The van der Waals surface area contributed by atoms with Crippen molar-refractivity contribution < 1.29 is 4.92 Å². The topological polar surface area (TPSA) is 55.2 Å². The average Bonchev–Trinajstić information content (AvgIpc) is 2.34. The molecule has 0 aliphatic heterocycles. The van der Waals surface area contributed by atoms with Crippen molar-refractivity contribution in [2.75, 3.05) is 5.32 Å². The summed E-state index contributed by atoms with van der Waals surface area (Å²) >= 11 is 6.10. The first kappa shape index (κ1) is 14.1. The van der Waals surface area contributed by atoms with E-state index in [-0.39, 0.29) is 16.7 Å². The average molecular weight is 283 g/mol. The van der Waals surface area contributed by atoms with Gasteiger partial charge in [-0.2, -0.15) is 0 Å². The Morgan fingerprint density at radius 3 is 2.74 bits per heavy atom. The lowest BCUT2D eigenvalue weighted by Crippen LogP contribution is -2.33. The van der Waals surface area contributed by atoms with Crippen LogP contribution in [-0.2, 0) is 0 Å². The number of nitrogens with zero attached hydrogens (tertiary/aromatic N) is 1. The van der Waals surface area contributed by atoms with Crippen molar-refractivity contribution in [3.63, 3.8) is 0 Å². The van der Waals surface area contributed by atoms with E-state index in [1.807, 2.05) is 0 Å². The van der Waals surface area contributed by atoms with E-state index in [0.29, 0.717) is 16.6 Å². The molecule has 1 aromatic rings. The summed E-state index contributed by atoms with van der Waals surface area (Å²) in [7, 11) is 0. The summed E-state index contributed by atoms with van der Waals surface area (Å²) in [6.45, 7) is 4.45. The first-order valence-electron chi connectivity index (χ1n) is 6.68. The summed E-state index contributed by atoms with van der Waals surface area (Å²) in [5, 5.41) is 14.8. The number of anilines is 1. The Morgan fingerprint density at radius 2 is 2.11 bits per heavy atom. The van der Waals surface area contributed by atoms with E-state index in [1.54, 1.807) is 12.1 Å². The summed E-state index contributed by atoms with van der Waals surface area (Å²) < 4.78 is 0. The van der Waals surface area contributed by atoms with Gasteiger partial charge in [-0.25, -0.2) is 0 Å². The maximum Gasteiger partial charge on any atom is 0.293 e. The van der Waals surface area contributed by atoms with Crippen LogP contribution in [0.25, 0.3) is 0 Å². The minimum Gasteiger partial charge on any atom is -0.375 e. The Balaban J connectivity index is 2.21. The van der Waals surface area contributed by atoms with Gasteiger partial charge in [0.05, 0.1) is 9.95 Å². The number of halogens is 1. The zero-order valence-electron chi connectivity index (χ0n) is 11.2. The predicted octanol–water partition coefficient (Wildman–Crippen LogP) is 4.48. The number of hydrogen-bond acceptors (Lipinski definition) is 3. The molecule has 3 unspecified atom stereocenters. The number of benzene rings is 1. The molecule has 5 heteroatoms. The molecule has 0 aromatic heterocycles. The van der Waals surface area contributed by atoms with E-state index in [4.69, 9.17) is 11.6 Å². The second-order valence-electron chi connectivity index (χ2n) is 5.54. The third kappa shape index (κ3) is 3.18. The van der Waals surface area contributed by atoms with Gasteiger partial charge in [0.2, 0.25) is 0 Å². The molecule has 19 heavy (non-hydrogen) atoms. The standard InChI is InChI=1S/C14H19ClN2O2/c1-9-6-7-12(10(2)8-9)16-14-11(15)4-3-5-13(14)17(18)19/h3-5,9-10,12,16H,6-8H2,1-2H3. The molecule has 1 saturated carbocycles. The Hall–Kier alpha value is -1.29. The molecule has 0 heterocycles. The number of hydrogen-bond donors (Lipinski definition) is 1. The van der Waals surface area contributed by atoms with Crippen LogP contribution < -0.4 is 5.32 Å². The summed E-state index contributed by atoms with van der Waals surface area (Å²) in [5.41, 5.74) is 0.513. The van der Waals surface area contributed by atoms with Gasteiger partial charge in [0.15, 0.2) is 0 Å². The van der Waals surface area contributed by atoms with Gasteiger partial charge < -0.3 is 5.32 Å². The van der Waals surface area contributed by atoms with Crippen LogP contribution in [-0.4, -0.2) is 11.0 Å². The third-order valence-corrected chi connectivity index (χ3v) is 4.26. The smallest absolute Gasteiger partial charge is 0.293 e. The van der Waals surface area contributed by atoms with Gasteiger partial charge in [-0.15, -0.1) is 0 Å². The van der Waals surface area contributed by atoms with Gasteiger partial charge in [-0.3, -0.25) is 10.1 Å². The van der Waals surface area contributed by atoms with E-state index < -0.39 is 0 Å². The molecular weight excluding hydrogens is 264 g/mol. The summed E-state index contributed by atoms with van der Waals surface area (Å²) in [4.78, 5) is 10.7. The van der Waals surface area contributed by atoms with Crippen molar-refractivity contribution in [3.8, 4) is 0 Å². The Bertz CT molecular complexity index is 479. The first-order chi connectivity index (χ1) is 8.99. The molecule has 104 valence electrons. The molecule has 1 N–H and O–H groups in total. The highest BCUT2D eigenvalue weighted by molar-refractivity contribution is 6.33. The van der Waals surface area contributed by atoms with Crippen LogP contribution in [0.15, 0.2) is 18.2 Å². The largest absolute Gasteiger partial charge is 0.375 e. The molecular formula is C14H19ClN2O2. The molecule has 4 nitrogen and oxygen atoms in total. The first-order valence-corrected chi connectivity index (χ1v) is 7.06. The third-order valence-electron chi connectivity index (χ3n) is 3.95. The van der Waals surface area contributed by atoms with Gasteiger partial charge in [0.1, 0.15) is 5.69 Å². The summed E-state index contributed by atoms with van der Waals surface area (Å²) in [6.07, 6.45) is 3.33. The Labute approximate surface area is 118 Å². The molecule has 0 bridgehead atoms. The molecule has 3 atom stereocenters. The van der Waals surface area contributed by atoms with Crippen molar-refractivity contribution in [2.45, 2.75) is 39.2 Å². The van der Waals surface area contributed by atoms with Crippen LogP contribution in [0.1, 0.15) is 33.1 Å². The van der Waals surface area contributed by atoms with Crippen molar-refractivity contribution in [2.24, 2.45) is 11.8 Å². The zero-order valence-corrected chi connectivity index (χ0v) is 12.0. The van der Waals surface area contributed by atoms with Crippen LogP contribution >= 0.6 is 11.6 Å². The lowest BCUT2D eigenvalue weighted by Gasteiger charge is -2.33. The van der Waals surface area contributed by atoms with E-state index in [1.165, 1.54) is 6.07 Å². The second-order valence-corrected chi connectivity index (χ2v) is 5.94. The van der Waals surface area contributed by atoms with Gasteiger partial charge >= 0.3 is 0 Å². The molecule has 1 aromatic carbocycles. The zero-order chi connectivity index (χ0) is 14.0. The molecule has 0 spiro atoms. The van der Waals surface area contributed by atoms with Crippen LogP contribution in [0.5, 0.6) is 0 Å². The number of nitro benzene ring substituents is 1. The van der Waals surface area contributed by atoms with Gasteiger partial charge in [-0.05, 0) is 37.2 Å². The fourth-order valence-corrected chi connectivity index (χ4v) is 3.10. The van der Waals surface area contributed by atoms with E-state index in [0.717, 1.165) is 25.2 Å². The molecule has 0 radical (unpaired) electrons. The maximum atomic E-state index is 11.1. The fourth-order valence-electron chi connectivity index (χ4n) is 2.87. The molecule has 1 fully saturated rings. The quantitative estimate of drug-likeness (QED) is 0.657. The Morgan fingerprint density at radius 1 is 1.37 bits per heavy atom.